The molecule has 0 aliphatic rings. The third-order valence-corrected chi connectivity index (χ3v) is 5.87. The van der Waals surface area contributed by atoms with Gasteiger partial charge in [-0.2, -0.15) is 0 Å². The van der Waals surface area contributed by atoms with Crippen molar-refractivity contribution in [1.82, 2.24) is 4.98 Å². The molecule has 0 aliphatic carbocycles. The molecule has 0 spiro atoms. The van der Waals surface area contributed by atoms with E-state index in [4.69, 9.17) is 19.2 Å². The zero-order valence-electron chi connectivity index (χ0n) is 17.9. The standard InChI is InChI=1S/C25H22N2O4S/c1-29-19-9-5-17(6-10-19)23-24(18-7-11-20(30-2)12-8-18)32-25(27-23)26-15-16-4-13-21(28)22(14-16)31-3/h4-15,28H,1-3H3. The van der Waals surface area contributed by atoms with Gasteiger partial charge in [-0.25, -0.2) is 9.98 Å². The van der Waals surface area contributed by atoms with Gasteiger partial charge in [0.15, 0.2) is 11.5 Å². The highest BCUT2D eigenvalue weighted by molar-refractivity contribution is 7.19. The largest absolute Gasteiger partial charge is 0.504 e. The molecule has 0 unspecified atom stereocenters. The Bertz CT molecular complexity index is 1170. The van der Waals surface area contributed by atoms with Crippen molar-refractivity contribution in [1.29, 1.82) is 0 Å². The van der Waals surface area contributed by atoms with Gasteiger partial charge in [0.05, 0.1) is 31.9 Å². The lowest BCUT2D eigenvalue weighted by molar-refractivity contribution is 0.373. The number of hydrogen-bond acceptors (Lipinski definition) is 7. The average molecular weight is 447 g/mol. The van der Waals surface area contributed by atoms with Crippen LogP contribution in [-0.4, -0.2) is 37.6 Å². The fourth-order valence-corrected chi connectivity index (χ4v) is 4.09. The van der Waals surface area contributed by atoms with Crippen molar-refractivity contribution >= 4 is 22.7 Å². The lowest BCUT2D eigenvalue weighted by atomic mass is 10.1. The van der Waals surface area contributed by atoms with Crippen LogP contribution in [0.4, 0.5) is 5.13 Å². The van der Waals surface area contributed by atoms with Crippen molar-refractivity contribution in [3.63, 3.8) is 0 Å². The number of aliphatic imine (C=N–C) groups is 1. The topological polar surface area (TPSA) is 73.2 Å². The molecule has 32 heavy (non-hydrogen) atoms. The van der Waals surface area contributed by atoms with Gasteiger partial charge >= 0.3 is 0 Å². The van der Waals surface area contributed by atoms with Crippen molar-refractivity contribution in [2.75, 3.05) is 21.3 Å². The highest BCUT2D eigenvalue weighted by atomic mass is 32.1. The summed E-state index contributed by atoms with van der Waals surface area (Å²) >= 11 is 1.50. The van der Waals surface area contributed by atoms with Gasteiger partial charge in [-0.15, -0.1) is 0 Å². The fourth-order valence-electron chi connectivity index (χ4n) is 3.15. The molecular formula is C25H22N2O4S. The van der Waals surface area contributed by atoms with Gasteiger partial charge in [0, 0.05) is 11.8 Å². The van der Waals surface area contributed by atoms with Crippen molar-refractivity contribution in [3.8, 4) is 44.7 Å². The second-order valence-electron chi connectivity index (χ2n) is 6.82. The summed E-state index contributed by atoms with van der Waals surface area (Å²) in [6.07, 6.45) is 1.70. The van der Waals surface area contributed by atoms with Gasteiger partial charge in [-0.05, 0) is 77.9 Å². The van der Waals surface area contributed by atoms with Crippen molar-refractivity contribution in [3.05, 3.63) is 72.3 Å². The SMILES string of the molecule is COc1ccc(-c2nc(N=Cc3ccc(O)c(OC)c3)sc2-c2ccc(OC)cc2)cc1. The van der Waals surface area contributed by atoms with E-state index in [0.717, 1.165) is 38.8 Å². The number of nitrogens with zero attached hydrogens (tertiary/aromatic N) is 2. The van der Waals surface area contributed by atoms with E-state index in [9.17, 15) is 5.11 Å². The van der Waals surface area contributed by atoms with Crippen LogP contribution in [0, 0.1) is 0 Å². The van der Waals surface area contributed by atoms with Crippen LogP contribution in [0.25, 0.3) is 21.7 Å². The highest BCUT2D eigenvalue weighted by Crippen LogP contribution is 2.41. The van der Waals surface area contributed by atoms with Crippen molar-refractivity contribution < 1.29 is 19.3 Å². The number of aromatic nitrogens is 1. The molecule has 7 heteroatoms. The molecule has 0 aliphatic heterocycles. The molecule has 0 atom stereocenters. The first-order valence-corrected chi connectivity index (χ1v) is 10.6. The summed E-state index contributed by atoms with van der Waals surface area (Å²) in [5, 5.41) is 10.4. The molecule has 6 nitrogen and oxygen atoms in total. The summed E-state index contributed by atoms with van der Waals surface area (Å²) in [5.41, 5.74) is 3.65. The van der Waals surface area contributed by atoms with Gasteiger partial charge in [-0.1, -0.05) is 11.3 Å². The number of benzene rings is 3. The maximum absolute atomic E-state index is 9.79. The van der Waals surface area contributed by atoms with E-state index in [2.05, 4.69) is 4.99 Å². The number of ether oxygens (including phenoxy) is 3. The molecule has 1 heterocycles. The Labute approximate surface area is 190 Å². The van der Waals surface area contributed by atoms with Gasteiger partial charge in [0.25, 0.3) is 0 Å². The Kier molecular flexibility index (Phi) is 6.37. The Hall–Kier alpha value is -3.84. The second-order valence-corrected chi connectivity index (χ2v) is 7.80. The van der Waals surface area contributed by atoms with E-state index in [-0.39, 0.29) is 5.75 Å². The molecule has 0 saturated heterocycles. The normalized spacial score (nSPS) is 11.0. The van der Waals surface area contributed by atoms with Crippen LogP contribution in [0.3, 0.4) is 0 Å². The number of methoxy groups -OCH3 is 3. The smallest absolute Gasteiger partial charge is 0.210 e. The predicted octanol–water partition coefficient (Wildman–Crippen LogP) is 5.96. The number of aromatic hydroxyl groups is 1. The Balaban J connectivity index is 1.74. The zero-order chi connectivity index (χ0) is 22.5. The zero-order valence-corrected chi connectivity index (χ0v) is 18.7. The first kappa shape index (κ1) is 21.4. The Morgan fingerprint density at radius 2 is 1.44 bits per heavy atom. The van der Waals surface area contributed by atoms with Crippen LogP contribution in [0.1, 0.15) is 5.56 Å². The molecule has 0 radical (unpaired) electrons. The average Bonchev–Trinajstić information content (AvgIpc) is 3.28. The summed E-state index contributed by atoms with van der Waals surface area (Å²) in [6.45, 7) is 0. The van der Waals surface area contributed by atoms with Crippen LogP contribution in [0.2, 0.25) is 0 Å². The minimum absolute atomic E-state index is 0.0856. The summed E-state index contributed by atoms with van der Waals surface area (Å²) in [4.78, 5) is 10.4. The van der Waals surface area contributed by atoms with E-state index in [0.29, 0.717) is 10.9 Å². The van der Waals surface area contributed by atoms with E-state index in [1.54, 1.807) is 38.6 Å². The van der Waals surface area contributed by atoms with Crippen LogP contribution in [0.15, 0.2) is 71.7 Å². The molecule has 4 aromatic rings. The van der Waals surface area contributed by atoms with Crippen LogP contribution in [0.5, 0.6) is 23.0 Å². The number of hydrogen-bond donors (Lipinski definition) is 1. The second kappa shape index (κ2) is 9.53. The minimum Gasteiger partial charge on any atom is -0.504 e. The van der Waals surface area contributed by atoms with Gasteiger partial charge in [0.2, 0.25) is 5.13 Å². The molecule has 1 aromatic heterocycles. The first-order valence-electron chi connectivity index (χ1n) is 9.82. The molecule has 0 fully saturated rings. The minimum atomic E-state index is 0.0856. The third kappa shape index (κ3) is 4.58. The summed E-state index contributed by atoms with van der Waals surface area (Å²) in [7, 11) is 4.81. The van der Waals surface area contributed by atoms with Crippen LogP contribution in [-0.2, 0) is 0 Å². The Morgan fingerprint density at radius 3 is 2.03 bits per heavy atom. The van der Waals surface area contributed by atoms with Crippen molar-refractivity contribution in [2.24, 2.45) is 4.99 Å². The molecular weight excluding hydrogens is 424 g/mol. The van der Waals surface area contributed by atoms with Gasteiger partial charge in [0.1, 0.15) is 11.5 Å². The summed E-state index contributed by atoms with van der Waals surface area (Å²) in [6, 6.07) is 20.7. The Morgan fingerprint density at radius 1 is 0.812 bits per heavy atom. The lowest BCUT2D eigenvalue weighted by Crippen LogP contribution is -1.87. The van der Waals surface area contributed by atoms with E-state index in [1.807, 2.05) is 48.5 Å². The van der Waals surface area contributed by atoms with Crippen molar-refractivity contribution in [2.45, 2.75) is 0 Å². The number of thiazole rings is 1. The van der Waals surface area contributed by atoms with Crippen LogP contribution < -0.4 is 14.2 Å². The molecule has 162 valence electrons. The fraction of sp³-hybridized carbons (Fsp3) is 0.120. The monoisotopic (exact) mass is 446 g/mol. The van der Waals surface area contributed by atoms with Crippen LogP contribution >= 0.6 is 11.3 Å². The van der Waals surface area contributed by atoms with E-state index in [1.165, 1.54) is 18.4 Å². The quantitative estimate of drug-likeness (QED) is 0.355. The summed E-state index contributed by atoms with van der Waals surface area (Å²) in [5.74, 6) is 2.06. The summed E-state index contributed by atoms with van der Waals surface area (Å²) < 4.78 is 15.7. The first-order chi connectivity index (χ1) is 15.6. The predicted molar refractivity (Wildman–Crippen MR) is 128 cm³/mol. The highest BCUT2D eigenvalue weighted by Gasteiger charge is 2.15. The third-order valence-electron chi connectivity index (χ3n) is 4.86. The molecule has 0 bridgehead atoms. The molecule has 1 N–H and O–H groups in total. The molecule has 3 aromatic carbocycles. The number of rotatable bonds is 7. The van der Waals surface area contributed by atoms with E-state index < -0.39 is 0 Å². The number of phenolic OH excluding ortho intramolecular Hbond substituents is 1. The van der Waals surface area contributed by atoms with Gasteiger partial charge in [-0.3, -0.25) is 0 Å². The number of phenols is 1. The van der Waals surface area contributed by atoms with Gasteiger partial charge < -0.3 is 19.3 Å². The lowest BCUT2D eigenvalue weighted by Gasteiger charge is -2.05. The molecule has 0 saturated carbocycles. The molecule has 0 amide bonds. The maximum Gasteiger partial charge on any atom is 0.210 e. The molecule has 4 rings (SSSR count). The maximum atomic E-state index is 9.79. The van der Waals surface area contributed by atoms with E-state index >= 15 is 0 Å².